The normalized spacial score (nSPS) is 10.1. The number of ether oxygens (including phenoxy) is 1. The first kappa shape index (κ1) is 20.2. The second kappa shape index (κ2) is 10.8. The molecule has 0 saturated carbocycles. The fourth-order valence-corrected chi connectivity index (χ4v) is 2.23. The Bertz CT molecular complexity index is 612. The highest BCUT2D eigenvalue weighted by Gasteiger charge is 1.98. The number of amides is 1. The molecule has 130 valence electrons. The lowest BCUT2D eigenvalue weighted by Gasteiger charge is -2.08. The zero-order valence-electron chi connectivity index (χ0n) is 14.2. The summed E-state index contributed by atoms with van der Waals surface area (Å²) in [4.78, 5) is 11.0. The third kappa shape index (κ3) is 7.13. The van der Waals surface area contributed by atoms with Gasteiger partial charge < -0.3 is 15.4 Å². The minimum Gasteiger partial charge on any atom is -0.377 e. The van der Waals surface area contributed by atoms with Crippen LogP contribution >= 0.6 is 12.4 Å². The number of hydrogen-bond acceptors (Lipinski definition) is 3. The van der Waals surface area contributed by atoms with Crippen LogP contribution in [0.4, 0.5) is 5.69 Å². The maximum Gasteiger partial charge on any atom is 0.221 e. The number of nitrogens with one attached hydrogen (secondary N) is 2. The smallest absolute Gasteiger partial charge is 0.221 e. The zero-order valence-corrected chi connectivity index (χ0v) is 15.0. The summed E-state index contributed by atoms with van der Waals surface area (Å²) < 4.78 is 5.39. The van der Waals surface area contributed by atoms with Crippen molar-refractivity contribution >= 4 is 24.0 Å². The van der Waals surface area contributed by atoms with Crippen LogP contribution < -0.4 is 10.6 Å². The molecule has 24 heavy (non-hydrogen) atoms. The topological polar surface area (TPSA) is 50.4 Å². The summed E-state index contributed by atoms with van der Waals surface area (Å²) in [7, 11) is 0. The van der Waals surface area contributed by atoms with Crippen LogP contribution in [0.15, 0.2) is 48.5 Å². The molecule has 5 heteroatoms. The number of benzene rings is 2. The molecule has 0 aliphatic rings. The van der Waals surface area contributed by atoms with Gasteiger partial charge in [0, 0.05) is 32.3 Å². The van der Waals surface area contributed by atoms with Gasteiger partial charge in [-0.05, 0) is 35.7 Å². The van der Waals surface area contributed by atoms with Crippen molar-refractivity contribution in [2.75, 3.05) is 11.9 Å². The van der Waals surface area contributed by atoms with E-state index < -0.39 is 0 Å². The molecule has 0 spiro atoms. The van der Waals surface area contributed by atoms with Crippen molar-refractivity contribution < 1.29 is 9.53 Å². The molecular formula is C19H25ClN2O2. The molecule has 2 rings (SSSR count). The average Bonchev–Trinajstić information content (AvgIpc) is 2.55. The molecule has 0 bridgehead atoms. The molecule has 0 fully saturated rings. The number of carbonyl (C=O) groups is 1. The molecule has 0 unspecified atom stereocenters. The van der Waals surface area contributed by atoms with Gasteiger partial charge in [-0.25, -0.2) is 0 Å². The van der Waals surface area contributed by atoms with Crippen LogP contribution in [0.5, 0.6) is 0 Å². The average molecular weight is 349 g/mol. The first-order valence-electron chi connectivity index (χ1n) is 7.90. The molecule has 0 heterocycles. The van der Waals surface area contributed by atoms with E-state index in [9.17, 15) is 4.79 Å². The molecule has 0 radical (unpaired) electrons. The van der Waals surface area contributed by atoms with Gasteiger partial charge in [-0.15, -0.1) is 12.4 Å². The van der Waals surface area contributed by atoms with Crippen molar-refractivity contribution in [1.29, 1.82) is 0 Å². The van der Waals surface area contributed by atoms with Gasteiger partial charge in [-0.3, -0.25) is 4.79 Å². The molecule has 0 atom stereocenters. The van der Waals surface area contributed by atoms with Crippen molar-refractivity contribution in [3.63, 3.8) is 0 Å². The Morgan fingerprint density at radius 2 is 1.42 bits per heavy atom. The second-order valence-corrected chi connectivity index (χ2v) is 5.44. The Morgan fingerprint density at radius 1 is 0.917 bits per heavy atom. The number of carbonyl (C=O) groups excluding carboxylic acids is 1. The summed E-state index contributed by atoms with van der Waals surface area (Å²) in [5.74, 6) is -0.0522. The lowest BCUT2D eigenvalue weighted by atomic mass is 10.1. The Morgan fingerprint density at radius 3 is 1.92 bits per heavy atom. The van der Waals surface area contributed by atoms with Gasteiger partial charge in [-0.2, -0.15) is 0 Å². The van der Waals surface area contributed by atoms with E-state index in [0.29, 0.717) is 6.61 Å². The Labute approximate surface area is 150 Å². The van der Waals surface area contributed by atoms with Gasteiger partial charge in [0.15, 0.2) is 0 Å². The quantitative estimate of drug-likeness (QED) is 0.760. The number of rotatable bonds is 8. The fourth-order valence-electron chi connectivity index (χ4n) is 2.23. The molecule has 0 aliphatic heterocycles. The van der Waals surface area contributed by atoms with E-state index in [4.69, 9.17) is 4.74 Å². The van der Waals surface area contributed by atoms with E-state index in [1.807, 2.05) is 31.2 Å². The summed E-state index contributed by atoms with van der Waals surface area (Å²) in [6.45, 7) is 6.54. The van der Waals surface area contributed by atoms with Crippen molar-refractivity contribution in [2.45, 2.75) is 33.5 Å². The van der Waals surface area contributed by atoms with Crippen LogP contribution in [0.1, 0.15) is 30.5 Å². The first-order chi connectivity index (χ1) is 11.2. The van der Waals surface area contributed by atoms with Crippen molar-refractivity contribution in [2.24, 2.45) is 0 Å². The van der Waals surface area contributed by atoms with Crippen LogP contribution in [-0.2, 0) is 29.2 Å². The van der Waals surface area contributed by atoms with Crippen LogP contribution in [-0.4, -0.2) is 12.5 Å². The van der Waals surface area contributed by atoms with Gasteiger partial charge in [0.05, 0.1) is 6.61 Å². The van der Waals surface area contributed by atoms with Gasteiger partial charge in [0.2, 0.25) is 5.91 Å². The van der Waals surface area contributed by atoms with Gasteiger partial charge in [0.1, 0.15) is 0 Å². The maximum absolute atomic E-state index is 11.0. The SMILES string of the molecule is CCOCc1ccc(CNCc2ccc(NC(C)=O)cc2)cc1.Cl. The summed E-state index contributed by atoms with van der Waals surface area (Å²) >= 11 is 0. The third-order valence-corrected chi connectivity index (χ3v) is 3.43. The summed E-state index contributed by atoms with van der Waals surface area (Å²) in [6, 6.07) is 16.3. The summed E-state index contributed by atoms with van der Waals surface area (Å²) in [5, 5.41) is 6.19. The van der Waals surface area contributed by atoms with Gasteiger partial charge in [-0.1, -0.05) is 36.4 Å². The lowest BCUT2D eigenvalue weighted by molar-refractivity contribution is -0.114. The molecule has 2 N–H and O–H groups in total. The van der Waals surface area contributed by atoms with E-state index >= 15 is 0 Å². The molecule has 0 saturated heterocycles. The lowest BCUT2D eigenvalue weighted by Crippen LogP contribution is -2.13. The van der Waals surface area contributed by atoms with Crippen LogP contribution in [0.2, 0.25) is 0 Å². The largest absolute Gasteiger partial charge is 0.377 e. The highest BCUT2D eigenvalue weighted by Crippen LogP contribution is 2.10. The molecule has 0 aliphatic carbocycles. The minimum absolute atomic E-state index is 0. The molecular weight excluding hydrogens is 324 g/mol. The highest BCUT2D eigenvalue weighted by molar-refractivity contribution is 5.88. The maximum atomic E-state index is 11.0. The zero-order chi connectivity index (χ0) is 16.5. The summed E-state index contributed by atoms with van der Waals surface area (Å²) in [5.41, 5.74) is 4.46. The minimum atomic E-state index is -0.0522. The third-order valence-electron chi connectivity index (χ3n) is 3.43. The van der Waals surface area contributed by atoms with Crippen molar-refractivity contribution in [1.82, 2.24) is 5.32 Å². The first-order valence-corrected chi connectivity index (χ1v) is 7.90. The predicted octanol–water partition coefficient (Wildman–Crippen LogP) is 3.89. The van der Waals surface area contributed by atoms with E-state index in [1.165, 1.54) is 23.6 Å². The molecule has 2 aromatic rings. The van der Waals surface area contributed by atoms with Gasteiger partial charge >= 0.3 is 0 Å². The number of hydrogen-bond donors (Lipinski definition) is 2. The van der Waals surface area contributed by atoms with E-state index in [1.54, 1.807) is 0 Å². The molecule has 4 nitrogen and oxygen atoms in total. The van der Waals surface area contributed by atoms with Crippen molar-refractivity contribution in [3.05, 3.63) is 65.2 Å². The van der Waals surface area contributed by atoms with Crippen LogP contribution in [0.3, 0.4) is 0 Å². The van der Waals surface area contributed by atoms with E-state index in [-0.39, 0.29) is 18.3 Å². The monoisotopic (exact) mass is 348 g/mol. The standard InChI is InChI=1S/C19H24N2O2.ClH/c1-3-23-14-18-6-4-16(5-7-18)12-20-13-17-8-10-19(11-9-17)21-15(2)22;/h4-11,20H,3,12-14H2,1-2H3,(H,21,22);1H. The number of anilines is 1. The summed E-state index contributed by atoms with van der Waals surface area (Å²) in [6.07, 6.45) is 0. The molecule has 0 aromatic heterocycles. The van der Waals surface area contributed by atoms with Gasteiger partial charge in [0.25, 0.3) is 0 Å². The fraction of sp³-hybridized carbons (Fsp3) is 0.316. The van der Waals surface area contributed by atoms with E-state index in [0.717, 1.165) is 25.4 Å². The predicted molar refractivity (Wildman–Crippen MR) is 100 cm³/mol. The molecule has 1 amide bonds. The Kier molecular flexibility index (Phi) is 9.08. The highest BCUT2D eigenvalue weighted by atomic mass is 35.5. The van der Waals surface area contributed by atoms with Crippen molar-refractivity contribution in [3.8, 4) is 0 Å². The number of halogens is 1. The Hall–Kier alpha value is -1.88. The second-order valence-electron chi connectivity index (χ2n) is 5.44. The van der Waals surface area contributed by atoms with Crippen LogP contribution in [0, 0.1) is 0 Å². The Balaban J connectivity index is 0.00000288. The molecule has 2 aromatic carbocycles. The van der Waals surface area contributed by atoms with E-state index in [2.05, 4.69) is 34.9 Å². The van der Waals surface area contributed by atoms with Crippen LogP contribution in [0.25, 0.3) is 0 Å².